The van der Waals surface area contributed by atoms with Crippen molar-refractivity contribution < 1.29 is 4.92 Å². The minimum absolute atomic E-state index is 0.100. The second-order valence-corrected chi connectivity index (χ2v) is 5.10. The Bertz CT molecular complexity index is 800. The van der Waals surface area contributed by atoms with Crippen molar-refractivity contribution in [1.82, 2.24) is 4.98 Å². The van der Waals surface area contributed by atoms with Crippen LogP contribution in [0.2, 0.25) is 0 Å². The molecule has 20 heavy (non-hydrogen) atoms. The van der Waals surface area contributed by atoms with Crippen LogP contribution in [0.3, 0.4) is 0 Å². The molecule has 0 bridgehead atoms. The minimum atomic E-state index is -0.552. The molecule has 0 spiro atoms. The third kappa shape index (κ3) is 2.26. The van der Waals surface area contributed by atoms with E-state index in [1.807, 2.05) is 29.6 Å². The fourth-order valence-electron chi connectivity index (χ4n) is 1.88. The van der Waals surface area contributed by atoms with Gasteiger partial charge in [-0.25, -0.2) is 4.98 Å². The molecule has 0 atom stereocenters. The zero-order valence-electron chi connectivity index (χ0n) is 10.2. The van der Waals surface area contributed by atoms with Gasteiger partial charge in [-0.1, -0.05) is 0 Å². The smallest absolute Gasteiger partial charge is 0.311 e. The van der Waals surface area contributed by atoms with Crippen molar-refractivity contribution in [1.29, 1.82) is 0 Å². The molecule has 0 aliphatic rings. The highest BCUT2D eigenvalue weighted by molar-refractivity contribution is 7.17. The first kappa shape index (κ1) is 12.4. The number of hydrogen-bond donors (Lipinski definition) is 2. The van der Waals surface area contributed by atoms with Crippen molar-refractivity contribution in [2.45, 2.75) is 0 Å². The van der Waals surface area contributed by atoms with Crippen LogP contribution >= 0.6 is 11.3 Å². The van der Waals surface area contributed by atoms with Gasteiger partial charge in [0.25, 0.3) is 0 Å². The van der Waals surface area contributed by atoms with Crippen LogP contribution in [0.5, 0.6) is 0 Å². The molecular weight excluding hydrogens is 276 g/mol. The van der Waals surface area contributed by atoms with E-state index in [-0.39, 0.29) is 11.5 Å². The standard InChI is InChI=1S/C13H10N4O2S/c14-13-10(17(18)19)2-4-12(16-13)15-9-1-3-11-8(7-9)5-6-20-11/h1-7H,(H3,14,15,16). The zero-order valence-corrected chi connectivity index (χ0v) is 11.1. The van der Waals surface area contributed by atoms with Crippen molar-refractivity contribution in [3.8, 4) is 0 Å². The SMILES string of the molecule is Nc1nc(Nc2ccc3sccc3c2)ccc1[N+](=O)[O-]. The monoisotopic (exact) mass is 286 g/mol. The summed E-state index contributed by atoms with van der Waals surface area (Å²) < 4.78 is 1.20. The first-order valence-electron chi connectivity index (χ1n) is 5.79. The maximum absolute atomic E-state index is 10.7. The van der Waals surface area contributed by atoms with E-state index in [9.17, 15) is 10.1 Å². The Labute approximate surface area is 118 Å². The van der Waals surface area contributed by atoms with Crippen LogP contribution in [0.1, 0.15) is 0 Å². The van der Waals surface area contributed by atoms with E-state index in [1.54, 1.807) is 11.3 Å². The van der Waals surface area contributed by atoms with Gasteiger partial charge < -0.3 is 11.1 Å². The van der Waals surface area contributed by atoms with Crippen LogP contribution in [0, 0.1) is 10.1 Å². The van der Waals surface area contributed by atoms with Gasteiger partial charge in [-0.2, -0.15) is 0 Å². The van der Waals surface area contributed by atoms with E-state index in [4.69, 9.17) is 5.73 Å². The maximum atomic E-state index is 10.7. The van der Waals surface area contributed by atoms with E-state index < -0.39 is 4.92 Å². The summed E-state index contributed by atoms with van der Waals surface area (Å²) in [6, 6.07) is 10.8. The molecule has 3 aromatic rings. The quantitative estimate of drug-likeness (QED) is 0.567. The first-order chi connectivity index (χ1) is 9.63. The number of rotatable bonds is 3. The molecule has 0 amide bonds. The molecule has 7 heteroatoms. The average molecular weight is 286 g/mol. The summed E-state index contributed by atoms with van der Waals surface area (Å²) in [5, 5.41) is 16.9. The second kappa shape index (κ2) is 4.78. The largest absolute Gasteiger partial charge is 0.378 e. The van der Waals surface area contributed by atoms with Crippen LogP contribution in [-0.2, 0) is 0 Å². The van der Waals surface area contributed by atoms with Crippen molar-refractivity contribution in [3.63, 3.8) is 0 Å². The number of nitrogens with two attached hydrogens (primary N) is 1. The molecule has 6 nitrogen and oxygen atoms in total. The number of benzene rings is 1. The summed E-state index contributed by atoms with van der Waals surface area (Å²) in [6.45, 7) is 0. The van der Waals surface area contributed by atoms with Crippen LogP contribution in [0.25, 0.3) is 10.1 Å². The lowest BCUT2D eigenvalue weighted by Gasteiger charge is -2.06. The fraction of sp³-hybridized carbons (Fsp3) is 0. The Kier molecular flexibility index (Phi) is 2.96. The molecule has 2 aromatic heterocycles. The Morgan fingerprint density at radius 2 is 2.10 bits per heavy atom. The van der Waals surface area contributed by atoms with Gasteiger partial charge in [0, 0.05) is 16.5 Å². The van der Waals surface area contributed by atoms with Gasteiger partial charge in [0.2, 0.25) is 5.82 Å². The Balaban J connectivity index is 1.90. The number of pyridine rings is 1. The summed E-state index contributed by atoms with van der Waals surface area (Å²) in [4.78, 5) is 14.1. The Morgan fingerprint density at radius 1 is 1.25 bits per heavy atom. The number of aromatic nitrogens is 1. The molecule has 100 valence electrons. The molecule has 0 saturated carbocycles. The number of hydrogen-bond acceptors (Lipinski definition) is 6. The third-order valence-corrected chi connectivity index (χ3v) is 3.72. The predicted octanol–water partition coefficient (Wildman–Crippen LogP) is 3.53. The lowest BCUT2D eigenvalue weighted by atomic mass is 10.2. The van der Waals surface area contributed by atoms with Gasteiger partial charge in [-0.15, -0.1) is 11.3 Å². The Morgan fingerprint density at radius 3 is 2.85 bits per heavy atom. The van der Waals surface area contributed by atoms with Crippen molar-refractivity contribution in [2.24, 2.45) is 0 Å². The van der Waals surface area contributed by atoms with Crippen LogP contribution < -0.4 is 11.1 Å². The molecule has 3 rings (SSSR count). The molecule has 2 heterocycles. The molecule has 0 unspecified atom stereocenters. The highest BCUT2D eigenvalue weighted by atomic mass is 32.1. The van der Waals surface area contributed by atoms with Gasteiger partial charge in [0.05, 0.1) is 4.92 Å². The number of nitrogen functional groups attached to an aromatic ring is 1. The number of anilines is 3. The number of thiophene rings is 1. The van der Waals surface area contributed by atoms with E-state index in [0.717, 1.165) is 11.1 Å². The Hall–Kier alpha value is -2.67. The average Bonchev–Trinajstić information content (AvgIpc) is 2.85. The summed E-state index contributed by atoms with van der Waals surface area (Å²) in [5.74, 6) is 0.374. The van der Waals surface area contributed by atoms with Gasteiger partial charge >= 0.3 is 5.69 Å². The molecule has 0 fully saturated rings. The number of nitro groups is 1. The minimum Gasteiger partial charge on any atom is -0.378 e. The van der Waals surface area contributed by atoms with E-state index >= 15 is 0 Å². The van der Waals surface area contributed by atoms with Crippen molar-refractivity contribution >= 4 is 44.4 Å². The van der Waals surface area contributed by atoms with Gasteiger partial charge in [-0.3, -0.25) is 10.1 Å². The molecule has 0 radical (unpaired) electrons. The molecule has 1 aromatic carbocycles. The molecule has 0 aliphatic heterocycles. The van der Waals surface area contributed by atoms with E-state index in [0.29, 0.717) is 5.82 Å². The maximum Gasteiger partial charge on any atom is 0.311 e. The highest BCUT2D eigenvalue weighted by Gasteiger charge is 2.12. The van der Waals surface area contributed by atoms with Gasteiger partial charge in [0.1, 0.15) is 5.82 Å². The lowest BCUT2D eigenvalue weighted by molar-refractivity contribution is -0.384. The van der Waals surface area contributed by atoms with Gasteiger partial charge in [0.15, 0.2) is 0 Å². The second-order valence-electron chi connectivity index (χ2n) is 4.16. The van der Waals surface area contributed by atoms with E-state index in [1.165, 1.54) is 16.8 Å². The van der Waals surface area contributed by atoms with Crippen LogP contribution in [0.4, 0.5) is 23.0 Å². The number of fused-ring (bicyclic) bond motifs is 1. The molecular formula is C13H10N4O2S. The fourth-order valence-corrected chi connectivity index (χ4v) is 2.65. The van der Waals surface area contributed by atoms with E-state index in [2.05, 4.69) is 10.3 Å². The molecule has 0 saturated heterocycles. The summed E-state index contributed by atoms with van der Waals surface area (Å²) in [5.41, 5.74) is 6.23. The van der Waals surface area contributed by atoms with Crippen molar-refractivity contribution in [2.75, 3.05) is 11.1 Å². The normalized spacial score (nSPS) is 10.6. The van der Waals surface area contributed by atoms with Crippen molar-refractivity contribution in [3.05, 3.63) is 51.9 Å². The molecule has 3 N–H and O–H groups in total. The third-order valence-electron chi connectivity index (χ3n) is 2.82. The topological polar surface area (TPSA) is 94.1 Å². The summed E-state index contributed by atoms with van der Waals surface area (Å²) in [7, 11) is 0. The predicted molar refractivity (Wildman–Crippen MR) is 80.4 cm³/mol. The number of nitrogens with one attached hydrogen (secondary N) is 1. The molecule has 0 aliphatic carbocycles. The number of nitrogens with zero attached hydrogens (tertiary/aromatic N) is 2. The zero-order chi connectivity index (χ0) is 14.1. The summed E-state index contributed by atoms with van der Waals surface area (Å²) in [6.07, 6.45) is 0. The lowest BCUT2D eigenvalue weighted by Crippen LogP contribution is -2.01. The van der Waals surface area contributed by atoms with Crippen LogP contribution in [-0.4, -0.2) is 9.91 Å². The first-order valence-corrected chi connectivity index (χ1v) is 6.66. The van der Waals surface area contributed by atoms with Crippen LogP contribution in [0.15, 0.2) is 41.8 Å². The van der Waals surface area contributed by atoms with Gasteiger partial charge in [-0.05, 0) is 41.1 Å². The highest BCUT2D eigenvalue weighted by Crippen LogP contribution is 2.27. The summed E-state index contributed by atoms with van der Waals surface area (Å²) >= 11 is 1.67.